The number of aromatic nitrogens is 2. The fraction of sp³-hybridized carbons (Fsp3) is 0.524. The standard InChI is InChI=1S/C21H26N4O3/c1-14-8-10-25(11-9-14)20-19(23-17-6-4-5-7-18(17)24-20)16(12-22)21(26)28-15(2)13-27-3/h4-7,14-16H,8-11,13H2,1-3H3/t15-,16+/m1/s1. The number of nitriles is 1. The van der Waals surface area contributed by atoms with Crippen molar-refractivity contribution in [3.8, 4) is 6.07 Å². The van der Waals surface area contributed by atoms with Crippen LogP contribution < -0.4 is 4.90 Å². The number of ether oxygens (including phenoxy) is 2. The van der Waals surface area contributed by atoms with E-state index in [1.807, 2.05) is 24.3 Å². The summed E-state index contributed by atoms with van der Waals surface area (Å²) in [6.07, 6.45) is 1.64. The first kappa shape index (κ1) is 20.0. The van der Waals surface area contributed by atoms with Gasteiger partial charge in [0.2, 0.25) is 0 Å². The predicted octanol–water partition coefficient (Wildman–Crippen LogP) is 3.05. The number of piperidine rings is 1. The van der Waals surface area contributed by atoms with Gasteiger partial charge < -0.3 is 14.4 Å². The number of nitrogens with zero attached hydrogens (tertiary/aromatic N) is 4. The lowest BCUT2D eigenvalue weighted by molar-refractivity contribution is -0.150. The Morgan fingerprint density at radius 1 is 1.29 bits per heavy atom. The van der Waals surface area contributed by atoms with Crippen molar-refractivity contribution < 1.29 is 14.3 Å². The molecule has 2 heterocycles. The topological polar surface area (TPSA) is 88.3 Å². The highest BCUT2D eigenvalue weighted by Crippen LogP contribution is 2.30. The van der Waals surface area contributed by atoms with Crippen LogP contribution >= 0.6 is 0 Å². The Bertz CT molecular complexity index is 872. The molecular weight excluding hydrogens is 356 g/mol. The highest BCUT2D eigenvalue weighted by Gasteiger charge is 2.32. The maximum atomic E-state index is 12.7. The molecule has 1 aliphatic heterocycles. The molecule has 0 radical (unpaired) electrons. The molecule has 0 saturated carbocycles. The lowest BCUT2D eigenvalue weighted by Gasteiger charge is -2.32. The van der Waals surface area contributed by atoms with Crippen molar-refractivity contribution in [2.24, 2.45) is 5.92 Å². The average Bonchev–Trinajstić information content (AvgIpc) is 2.69. The molecule has 0 unspecified atom stereocenters. The Balaban J connectivity index is 2.00. The molecule has 7 nitrogen and oxygen atoms in total. The monoisotopic (exact) mass is 382 g/mol. The van der Waals surface area contributed by atoms with Crippen molar-refractivity contribution in [1.82, 2.24) is 9.97 Å². The van der Waals surface area contributed by atoms with Crippen molar-refractivity contribution in [2.45, 2.75) is 38.7 Å². The molecule has 3 rings (SSSR count). The molecule has 0 aliphatic carbocycles. The van der Waals surface area contributed by atoms with Crippen molar-refractivity contribution >= 4 is 22.8 Å². The number of anilines is 1. The normalized spacial score (nSPS) is 17.1. The third-order valence-corrected chi connectivity index (χ3v) is 5.02. The van der Waals surface area contributed by atoms with Crippen LogP contribution in [0, 0.1) is 17.2 Å². The minimum Gasteiger partial charge on any atom is -0.459 e. The molecule has 2 aromatic rings. The van der Waals surface area contributed by atoms with Crippen LogP contribution in [-0.2, 0) is 14.3 Å². The number of carbonyl (C=O) groups excluding carboxylic acids is 1. The van der Waals surface area contributed by atoms with Crippen molar-refractivity contribution in [2.75, 3.05) is 31.7 Å². The first-order chi connectivity index (χ1) is 13.5. The van der Waals surface area contributed by atoms with Gasteiger partial charge in [0.15, 0.2) is 11.7 Å². The third kappa shape index (κ3) is 4.39. The summed E-state index contributed by atoms with van der Waals surface area (Å²) in [5.41, 5.74) is 1.77. The van der Waals surface area contributed by atoms with Gasteiger partial charge in [0.05, 0.1) is 23.7 Å². The minimum atomic E-state index is -1.13. The number of benzene rings is 1. The number of fused-ring (bicyclic) bond motifs is 1. The molecule has 0 amide bonds. The van der Waals surface area contributed by atoms with Gasteiger partial charge in [-0.15, -0.1) is 0 Å². The van der Waals surface area contributed by atoms with Gasteiger partial charge in [0.25, 0.3) is 0 Å². The van der Waals surface area contributed by atoms with Crippen LogP contribution in [0.1, 0.15) is 38.3 Å². The van der Waals surface area contributed by atoms with Crippen molar-refractivity contribution in [3.63, 3.8) is 0 Å². The molecule has 0 bridgehead atoms. The quantitative estimate of drug-likeness (QED) is 0.710. The van der Waals surface area contributed by atoms with E-state index >= 15 is 0 Å². The summed E-state index contributed by atoms with van der Waals surface area (Å²) in [5, 5.41) is 9.76. The zero-order valence-electron chi connectivity index (χ0n) is 16.6. The molecule has 1 aromatic heterocycles. The van der Waals surface area contributed by atoms with Gasteiger partial charge in [0, 0.05) is 20.2 Å². The highest BCUT2D eigenvalue weighted by molar-refractivity contribution is 5.85. The summed E-state index contributed by atoms with van der Waals surface area (Å²) in [5.74, 6) is -0.498. The van der Waals surface area contributed by atoms with E-state index in [1.165, 1.54) is 7.11 Å². The van der Waals surface area contributed by atoms with E-state index in [4.69, 9.17) is 14.5 Å². The fourth-order valence-electron chi connectivity index (χ4n) is 3.41. The Morgan fingerprint density at radius 2 is 1.93 bits per heavy atom. The first-order valence-corrected chi connectivity index (χ1v) is 9.64. The van der Waals surface area contributed by atoms with Gasteiger partial charge in [-0.2, -0.15) is 5.26 Å². The van der Waals surface area contributed by atoms with Gasteiger partial charge >= 0.3 is 5.97 Å². The first-order valence-electron chi connectivity index (χ1n) is 9.64. The predicted molar refractivity (Wildman–Crippen MR) is 106 cm³/mol. The molecule has 0 spiro atoms. The zero-order chi connectivity index (χ0) is 20.1. The summed E-state index contributed by atoms with van der Waals surface area (Å²) in [6, 6.07) is 9.57. The van der Waals surface area contributed by atoms with Crippen LogP contribution in [0.3, 0.4) is 0 Å². The second-order valence-corrected chi connectivity index (χ2v) is 7.36. The molecule has 1 aromatic carbocycles. The van der Waals surface area contributed by atoms with Gasteiger partial charge in [-0.1, -0.05) is 19.1 Å². The SMILES string of the molecule is COC[C@@H](C)OC(=O)[C@@H](C#N)c1nc2ccccc2nc1N1CCC(C)CC1. The molecule has 0 N–H and O–H groups in total. The van der Waals surface area contributed by atoms with Crippen LogP contribution in [-0.4, -0.2) is 48.8 Å². The van der Waals surface area contributed by atoms with E-state index < -0.39 is 18.0 Å². The second kappa shape index (κ2) is 8.98. The summed E-state index contributed by atoms with van der Waals surface area (Å²) in [6.45, 7) is 5.89. The summed E-state index contributed by atoms with van der Waals surface area (Å²) < 4.78 is 10.4. The molecule has 28 heavy (non-hydrogen) atoms. The number of esters is 1. The van der Waals surface area contributed by atoms with Crippen LogP contribution in [0.4, 0.5) is 5.82 Å². The molecule has 1 aliphatic rings. The molecular formula is C21H26N4O3. The Kier molecular flexibility index (Phi) is 6.42. The van der Waals surface area contributed by atoms with Gasteiger partial charge in [0.1, 0.15) is 11.8 Å². The fourth-order valence-corrected chi connectivity index (χ4v) is 3.41. The van der Waals surface area contributed by atoms with Crippen LogP contribution in [0.2, 0.25) is 0 Å². The van der Waals surface area contributed by atoms with Gasteiger partial charge in [-0.25, -0.2) is 9.97 Å². The molecule has 1 fully saturated rings. The Labute approximate surface area is 165 Å². The van der Waals surface area contributed by atoms with E-state index in [-0.39, 0.29) is 6.61 Å². The molecule has 7 heteroatoms. The molecule has 2 atom stereocenters. The largest absolute Gasteiger partial charge is 0.459 e. The van der Waals surface area contributed by atoms with E-state index in [9.17, 15) is 10.1 Å². The third-order valence-electron chi connectivity index (χ3n) is 5.02. The highest BCUT2D eigenvalue weighted by atomic mass is 16.6. The number of hydrogen-bond acceptors (Lipinski definition) is 7. The molecule has 1 saturated heterocycles. The van der Waals surface area contributed by atoms with Gasteiger partial charge in [-0.05, 0) is 37.8 Å². The number of carbonyl (C=O) groups is 1. The van der Waals surface area contributed by atoms with Crippen molar-refractivity contribution in [3.05, 3.63) is 30.0 Å². The lowest BCUT2D eigenvalue weighted by atomic mass is 9.98. The Hall–Kier alpha value is -2.72. The smallest absolute Gasteiger partial charge is 0.330 e. The van der Waals surface area contributed by atoms with Crippen LogP contribution in [0.15, 0.2) is 24.3 Å². The number of para-hydroxylation sites is 2. The van der Waals surface area contributed by atoms with Crippen LogP contribution in [0.5, 0.6) is 0 Å². The van der Waals surface area contributed by atoms with Gasteiger partial charge in [-0.3, -0.25) is 4.79 Å². The van der Waals surface area contributed by atoms with E-state index in [0.717, 1.165) is 31.4 Å². The number of methoxy groups -OCH3 is 1. The van der Waals surface area contributed by atoms with Crippen molar-refractivity contribution in [1.29, 1.82) is 5.26 Å². The average molecular weight is 382 g/mol. The number of hydrogen-bond donors (Lipinski definition) is 0. The van der Waals surface area contributed by atoms with E-state index in [0.29, 0.717) is 22.9 Å². The van der Waals surface area contributed by atoms with Crippen LogP contribution in [0.25, 0.3) is 11.0 Å². The number of rotatable bonds is 6. The summed E-state index contributed by atoms with van der Waals surface area (Å²) >= 11 is 0. The second-order valence-electron chi connectivity index (χ2n) is 7.36. The lowest BCUT2D eigenvalue weighted by Crippen LogP contribution is -2.35. The van der Waals surface area contributed by atoms with E-state index in [1.54, 1.807) is 6.92 Å². The minimum absolute atomic E-state index is 0.268. The zero-order valence-corrected chi connectivity index (χ0v) is 16.6. The maximum Gasteiger partial charge on any atom is 0.330 e. The summed E-state index contributed by atoms with van der Waals surface area (Å²) in [7, 11) is 1.54. The van der Waals surface area contributed by atoms with E-state index in [2.05, 4.69) is 22.9 Å². The maximum absolute atomic E-state index is 12.7. The summed E-state index contributed by atoms with van der Waals surface area (Å²) in [4.78, 5) is 24.3. The Morgan fingerprint density at radius 3 is 2.54 bits per heavy atom. The molecule has 148 valence electrons.